The van der Waals surface area contributed by atoms with Gasteiger partial charge in [-0.25, -0.2) is 0 Å². The van der Waals surface area contributed by atoms with Crippen LogP contribution in [0.25, 0.3) is 16.5 Å². The average Bonchev–Trinajstić information content (AvgIpc) is 2.91. The second-order valence-electron chi connectivity index (χ2n) is 5.35. The molecule has 0 saturated heterocycles. The Bertz CT molecular complexity index is 688. The zero-order valence-corrected chi connectivity index (χ0v) is 11.8. The molecular formula is C17H19N3. The third kappa shape index (κ3) is 2.35. The van der Waals surface area contributed by atoms with E-state index < -0.39 is 0 Å². The van der Waals surface area contributed by atoms with Crippen LogP contribution in [0.5, 0.6) is 0 Å². The second kappa shape index (κ2) is 5.52. The lowest BCUT2D eigenvalue weighted by Gasteiger charge is -2.25. The maximum Gasteiger partial charge on any atom is 0.0991 e. The Kier molecular flexibility index (Phi) is 3.58. The summed E-state index contributed by atoms with van der Waals surface area (Å²) in [5, 5.41) is 10.2. The van der Waals surface area contributed by atoms with Crippen molar-refractivity contribution >= 4 is 16.5 Å². The standard InChI is InChI=1S/C17H19N3/c1-2-7-20-8-5-14(6-9-20)16-12-19-17-4-3-13(11-18)10-15(16)17/h3-5,10,12,19H,2,6-9H2,1H3. The maximum absolute atomic E-state index is 9.05. The third-order valence-corrected chi connectivity index (χ3v) is 3.99. The van der Waals surface area contributed by atoms with Crippen molar-refractivity contribution in [2.45, 2.75) is 19.8 Å². The molecule has 3 rings (SSSR count). The van der Waals surface area contributed by atoms with Crippen LogP contribution < -0.4 is 0 Å². The summed E-state index contributed by atoms with van der Waals surface area (Å²) < 4.78 is 0. The monoisotopic (exact) mass is 265 g/mol. The molecule has 0 radical (unpaired) electrons. The lowest BCUT2D eigenvalue weighted by molar-refractivity contribution is 0.302. The Morgan fingerprint density at radius 2 is 2.30 bits per heavy atom. The molecule has 1 aliphatic rings. The first-order chi connectivity index (χ1) is 9.81. The van der Waals surface area contributed by atoms with Gasteiger partial charge in [0.15, 0.2) is 0 Å². The smallest absolute Gasteiger partial charge is 0.0991 e. The van der Waals surface area contributed by atoms with Crippen LogP contribution in [0.4, 0.5) is 0 Å². The van der Waals surface area contributed by atoms with Crippen molar-refractivity contribution in [2.24, 2.45) is 0 Å². The molecule has 1 N–H and O–H groups in total. The quantitative estimate of drug-likeness (QED) is 0.922. The summed E-state index contributed by atoms with van der Waals surface area (Å²) in [5.74, 6) is 0. The number of fused-ring (bicyclic) bond motifs is 1. The number of H-pyrrole nitrogens is 1. The van der Waals surface area contributed by atoms with Crippen molar-refractivity contribution in [1.82, 2.24) is 9.88 Å². The molecule has 0 fully saturated rings. The Morgan fingerprint density at radius 1 is 1.40 bits per heavy atom. The van der Waals surface area contributed by atoms with Crippen molar-refractivity contribution in [2.75, 3.05) is 19.6 Å². The SMILES string of the molecule is CCCN1CC=C(c2c[nH]c3ccc(C#N)cc23)CC1. The molecule has 2 aromatic rings. The minimum absolute atomic E-state index is 0.724. The highest BCUT2D eigenvalue weighted by Crippen LogP contribution is 2.29. The molecule has 0 bridgehead atoms. The Balaban J connectivity index is 1.93. The van der Waals surface area contributed by atoms with Gasteiger partial charge in [0.05, 0.1) is 11.6 Å². The normalized spacial score (nSPS) is 16.1. The Hall–Kier alpha value is -2.05. The van der Waals surface area contributed by atoms with Crippen LogP contribution in [-0.2, 0) is 0 Å². The van der Waals surface area contributed by atoms with E-state index in [2.05, 4.69) is 35.1 Å². The van der Waals surface area contributed by atoms with Crippen LogP contribution in [0, 0.1) is 11.3 Å². The van der Waals surface area contributed by atoms with Gasteiger partial charge < -0.3 is 4.98 Å². The number of hydrogen-bond donors (Lipinski definition) is 1. The van der Waals surface area contributed by atoms with Crippen LogP contribution >= 0.6 is 0 Å². The van der Waals surface area contributed by atoms with Gasteiger partial charge in [0.2, 0.25) is 0 Å². The fourth-order valence-corrected chi connectivity index (χ4v) is 2.93. The predicted octanol–water partition coefficient (Wildman–Crippen LogP) is 3.54. The molecule has 0 aliphatic carbocycles. The van der Waals surface area contributed by atoms with Gasteiger partial charge in [-0.2, -0.15) is 5.26 Å². The highest BCUT2D eigenvalue weighted by atomic mass is 15.1. The molecule has 102 valence electrons. The number of aromatic nitrogens is 1. The van der Waals surface area contributed by atoms with E-state index in [9.17, 15) is 0 Å². The van der Waals surface area contributed by atoms with Crippen LogP contribution in [0.15, 0.2) is 30.5 Å². The number of aromatic amines is 1. The first kappa shape index (κ1) is 13.0. The largest absolute Gasteiger partial charge is 0.361 e. The molecular weight excluding hydrogens is 246 g/mol. The molecule has 0 atom stereocenters. The van der Waals surface area contributed by atoms with Crippen LogP contribution in [0.3, 0.4) is 0 Å². The molecule has 2 heterocycles. The fraction of sp³-hybridized carbons (Fsp3) is 0.353. The molecule has 1 aliphatic heterocycles. The van der Waals surface area contributed by atoms with Crippen LogP contribution in [-0.4, -0.2) is 29.5 Å². The maximum atomic E-state index is 9.05. The molecule has 3 heteroatoms. The van der Waals surface area contributed by atoms with E-state index in [1.54, 1.807) is 0 Å². The van der Waals surface area contributed by atoms with E-state index in [1.165, 1.54) is 29.5 Å². The predicted molar refractivity (Wildman–Crippen MR) is 82.3 cm³/mol. The van der Waals surface area contributed by atoms with Gasteiger partial charge in [0.25, 0.3) is 0 Å². The van der Waals surface area contributed by atoms with E-state index in [-0.39, 0.29) is 0 Å². The van der Waals surface area contributed by atoms with Crippen molar-refractivity contribution in [3.05, 3.63) is 41.6 Å². The summed E-state index contributed by atoms with van der Waals surface area (Å²) in [5.41, 5.74) is 4.49. The average molecular weight is 265 g/mol. The molecule has 0 spiro atoms. The fourth-order valence-electron chi connectivity index (χ4n) is 2.93. The van der Waals surface area contributed by atoms with E-state index >= 15 is 0 Å². The minimum atomic E-state index is 0.724. The number of nitrogens with zero attached hydrogens (tertiary/aromatic N) is 2. The zero-order chi connectivity index (χ0) is 13.9. The van der Waals surface area contributed by atoms with Gasteiger partial charge in [-0.3, -0.25) is 4.90 Å². The second-order valence-corrected chi connectivity index (χ2v) is 5.35. The highest BCUT2D eigenvalue weighted by Gasteiger charge is 2.15. The van der Waals surface area contributed by atoms with Crippen LogP contribution in [0.1, 0.15) is 30.9 Å². The van der Waals surface area contributed by atoms with Crippen molar-refractivity contribution in [3.63, 3.8) is 0 Å². The van der Waals surface area contributed by atoms with E-state index in [4.69, 9.17) is 5.26 Å². The van der Waals surface area contributed by atoms with Gasteiger partial charge >= 0.3 is 0 Å². The lowest BCUT2D eigenvalue weighted by Crippen LogP contribution is -2.29. The van der Waals surface area contributed by atoms with Gasteiger partial charge in [-0.1, -0.05) is 13.0 Å². The molecule has 1 aromatic heterocycles. The Labute approximate surface area is 119 Å². The zero-order valence-electron chi connectivity index (χ0n) is 11.8. The molecule has 1 aromatic carbocycles. The first-order valence-electron chi connectivity index (χ1n) is 7.25. The van der Waals surface area contributed by atoms with Crippen LogP contribution in [0.2, 0.25) is 0 Å². The minimum Gasteiger partial charge on any atom is -0.361 e. The van der Waals surface area contributed by atoms with Gasteiger partial charge in [-0.15, -0.1) is 0 Å². The lowest BCUT2D eigenvalue weighted by atomic mass is 9.98. The van der Waals surface area contributed by atoms with E-state index in [0.29, 0.717) is 0 Å². The highest BCUT2D eigenvalue weighted by molar-refractivity contribution is 5.93. The number of benzene rings is 1. The number of nitriles is 1. The Morgan fingerprint density at radius 3 is 3.00 bits per heavy atom. The molecule has 0 saturated carbocycles. The first-order valence-corrected chi connectivity index (χ1v) is 7.25. The van der Waals surface area contributed by atoms with Crippen molar-refractivity contribution < 1.29 is 0 Å². The van der Waals surface area contributed by atoms with Gasteiger partial charge in [0.1, 0.15) is 0 Å². The van der Waals surface area contributed by atoms with E-state index in [1.807, 2.05) is 18.2 Å². The summed E-state index contributed by atoms with van der Waals surface area (Å²) in [6.45, 7) is 5.57. The molecule has 0 amide bonds. The van der Waals surface area contributed by atoms with Crippen molar-refractivity contribution in [3.8, 4) is 6.07 Å². The number of hydrogen-bond acceptors (Lipinski definition) is 2. The number of rotatable bonds is 3. The summed E-state index contributed by atoms with van der Waals surface area (Å²) in [4.78, 5) is 5.79. The third-order valence-electron chi connectivity index (χ3n) is 3.99. The number of nitrogens with one attached hydrogen (secondary N) is 1. The molecule has 0 unspecified atom stereocenters. The molecule has 3 nitrogen and oxygen atoms in total. The summed E-state index contributed by atoms with van der Waals surface area (Å²) in [6.07, 6.45) is 6.71. The van der Waals surface area contributed by atoms with Crippen molar-refractivity contribution in [1.29, 1.82) is 5.26 Å². The summed E-state index contributed by atoms with van der Waals surface area (Å²) in [6, 6.07) is 8.06. The summed E-state index contributed by atoms with van der Waals surface area (Å²) >= 11 is 0. The van der Waals surface area contributed by atoms with E-state index in [0.717, 1.165) is 30.6 Å². The van der Waals surface area contributed by atoms with Gasteiger partial charge in [-0.05, 0) is 43.2 Å². The summed E-state index contributed by atoms with van der Waals surface area (Å²) in [7, 11) is 0. The topological polar surface area (TPSA) is 42.8 Å². The van der Waals surface area contributed by atoms with Gasteiger partial charge in [0, 0.05) is 35.8 Å². The molecule has 20 heavy (non-hydrogen) atoms.